The molecule has 1 aromatic rings. The number of hydrogen-bond acceptors (Lipinski definition) is 3. The highest BCUT2D eigenvalue weighted by atomic mass is 16.6. The fourth-order valence-electron chi connectivity index (χ4n) is 5.37. The number of quaternary nitrogens is 1. The normalized spacial score (nSPS) is 39.4. The van der Waals surface area contributed by atoms with Crippen LogP contribution >= 0.6 is 0 Å². The lowest BCUT2D eigenvalue weighted by atomic mass is 9.71. The number of piperidine rings is 3. The number of nitrogens with zero attached hydrogens (tertiary/aromatic N) is 1. The van der Waals surface area contributed by atoms with Gasteiger partial charge in [0.25, 0.3) is 0 Å². The van der Waals surface area contributed by atoms with Gasteiger partial charge < -0.3 is 19.7 Å². The van der Waals surface area contributed by atoms with Crippen molar-refractivity contribution in [2.45, 2.75) is 56.8 Å². The summed E-state index contributed by atoms with van der Waals surface area (Å²) in [7, 11) is 0. The number of ether oxygens (including phenoxy) is 1. The Labute approximate surface area is 144 Å². The van der Waals surface area contributed by atoms with E-state index in [2.05, 4.69) is 12.1 Å². The molecule has 4 nitrogen and oxygen atoms in total. The molecule has 24 heavy (non-hydrogen) atoms. The highest BCUT2D eigenvalue weighted by Gasteiger charge is 2.64. The van der Waals surface area contributed by atoms with Gasteiger partial charge in [-0.25, -0.2) is 0 Å². The van der Waals surface area contributed by atoms with E-state index in [1.54, 1.807) is 0 Å². The minimum absolute atomic E-state index is 0.111. The predicted molar refractivity (Wildman–Crippen MR) is 92.9 cm³/mol. The molecule has 2 atom stereocenters. The van der Waals surface area contributed by atoms with Gasteiger partial charge in [-0.3, -0.25) is 0 Å². The van der Waals surface area contributed by atoms with Gasteiger partial charge in [-0.05, 0) is 24.8 Å². The van der Waals surface area contributed by atoms with Gasteiger partial charge in [-0.2, -0.15) is 0 Å². The Morgan fingerprint density at radius 2 is 1.75 bits per heavy atom. The van der Waals surface area contributed by atoms with E-state index in [0.29, 0.717) is 25.6 Å². The summed E-state index contributed by atoms with van der Waals surface area (Å²) in [6.45, 7) is 1.71. The lowest BCUT2D eigenvalue weighted by Gasteiger charge is -2.66. The van der Waals surface area contributed by atoms with Gasteiger partial charge in [-0.1, -0.05) is 43.2 Å². The maximum absolute atomic E-state index is 13.4. The fraction of sp³-hybridized carbons (Fsp3) is 0.700. The zero-order chi connectivity index (χ0) is 16.6. The van der Waals surface area contributed by atoms with Crippen molar-refractivity contribution in [3.05, 3.63) is 41.1 Å². The highest BCUT2D eigenvalue weighted by Crippen LogP contribution is 2.52. The molecule has 0 aromatic heterocycles. The van der Waals surface area contributed by atoms with Gasteiger partial charge in [0.15, 0.2) is 0 Å². The van der Waals surface area contributed by atoms with Gasteiger partial charge in [0.2, 0.25) is 5.72 Å². The van der Waals surface area contributed by atoms with Crippen LogP contribution in [-0.2, 0) is 11.2 Å². The van der Waals surface area contributed by atoms with E-state index in [4.69, 9.17) is 4.74 Å². The summed E-state index contributed by atoms with van der Waals surface area (Å²) >= 11 is 0. The topological polar surface area (TPSA) is 52.5 Å². The van der Waals surface area contributed by atoms with Crippen molar-refractivity contribution in [3.8, 4) is 0 Å². The van der Waals surface area contributed by atoms with E-state index in [1.165, 1.54) is 5.56 Å². The third-order valence-electron chi connectivity index (χ3n) is 6.71. The van der Waals surface area contributed by atoms with Crippen molar-refractivity contribution < 1.29 is 14.5 Å². The summed E-state index contributed by atoms with van der Waals surface area (Å²) in [6, 6.07) is 10.3. The smallest absolute Gasteiger partial charge is 0.230 e. The summed E-state index contributed by atoms with van der Waals surface area (Å²) in [5, 5.41) is 25.0. The Kier molecular flexibility index (Phi) is 4.42. The van der Waals surface area contributed by atoms with Crippen molar-refractivity contribution in [2.24, 2.45) is 11.8 Å². The van der Waals surface area contributed by atoms with Crippen LogP contribution in [0.3, 0.4) is 0 Å². The van der Waals surface area contributed by atoms with Crippen LogP contribution in [0.2, 0.25) is 0 Å². The molecule has 0 spiro atoms. The van der Waals surface area contributed by atoms with Crippen LogP contribution in [0.1, 0.15) is 44.1 Å². The number of rotatable bonds is 5. The van der Waals surface area contributed by atoms with Crippen molar-refractivity contribution >= 4 is 0 Å². The molecule has 1 N–H and O–H groups in total. The first-order chi connectivity index (χ1) is 11.6. The Morgan fingerprint density at radius 3 is 2.42 bits per heavy atom. The average molecular weight is 331 g/mol. The number of hydroxylamine groups is 3. The molecule has 1 aromatic carbocycles. The zero-order valence-corrected chi connectivity index (χ0v) is 14.4. The highest BCUT2D eigenvalue weighted by molar-refractivity contribution is 5.14. The molecule has 0 amide bonds. The lowest BCUT2D eigenvalue weighted by molar-refractivity contribution is -0.984. The molecular weight excluding hydrogens is 302 g/mol. The average Bonchev–Trinajstić information content (AvgIpc) is 3.14. The summed E-state index contributed by atoms with van der Waals surface area (Å²) in [5.41, 5.74) is 0.0307. The fourth-order valence-corrected chi connectivity index (χ4v) is 5.37. The first-order valence-electron chi connectivity index (χ1n) is 9.59. The summed E-state index contributed by atoms with van der Waals surface area (Å²) in [5.74, 6) is 0.458. The first-order valence-corrected chi connectivity index (χ1v) is 9.59. The lowest BCUT2D eigenvalue weighted by Crippen LogP contribution is -2.78. The Bertz CT molecular complexity index is 549. The van der Waals surface area contributed by atoms with Gasteiger partial charge in [-0.15, -0.1) is 0 Å². The molecule has 4 heteroatoms. The molecule has 5 rings (SSSR count). The molecule has 2 bridgehead atoms. The van der Waals surface area contributed by atoms with Crippen LogP contribution in [0.25, 0.3) is 0 Å². The largest absolute Gasteiger partial charge is 0.631 e. The maximum Gasteiger partial charge on any atom is 0.230 e. The summed E-state index contributed by atoms with van der Waals surface area (Å²) in [4.78, 5) is 0. The Balaban J connectivity index is 1.50. The van der Waals surface area contributed by atoms with E-state index in [-0.39, 0.29) is 12.0 Å². The standard InChI is InChI=1S/C20H29NO3/c22-20(18-8-4-5-9-18)19(17-10-13-21(20,23)14-11-17)24-15-12-16-6-2-1-3-7-16/h1-3,6-7,17-19,22H,4-5,8-15H2. The predicted octanol–water partition coefficient (Wildman–Crippen LogP) is 3.23. The van der Waals surface area contributed by atoms with Crippen molar-refractivity contribution in [3.63, 3.8) is 0 Å². The second-order valence-corrected chi connectivity index (χ2v) is 7.97. The van der Waals surface area contributed by atoms with Crippen molar-refractivity contribution in [1.82, 2.24) is 0 Å². The van der Waals surface area contributed by atoms with E-state index in [0.717, 1.165) is 44.9 Å². The van der Waals surface area contributed by atoms with Gasteiger partial charge in [0, 0.05) is 24.7 Å². The van der Waals surface area contributed by atoms with E-state index < -0.39 is 10.4 Å². The van der Waals surface area contributed by atoms with E-state index in [9.17, 15) is 10.3 Å². The zero-order valence-electron chi connectivity index (χ0n) is 14.4. The molecule has 3 heterocycles. The van der Waals surface area contributed by atoms with Crippen LogP contribution < -0.4 is 0 Å². The molecule has 4 fully saturated rings. The molecular formula is C20H29NO3. The van der Waals surface area contributed by atoms with E-state index >= 15 is 0 Å². The molecule has 4 aliphatic rings. The van der Waals surface area contributed by atoms with Crippen LogP contribution in [0, 0.1) is 17.0 Å². The van der Waals surface area contributed by atoms with Crippen LogP contribution in [0.5, 0.6) is 0 Å². The molecule has 132 valence electrons. The number of benzene rings is 1. The van der Waals surface area contributed by atoms with Crippen molar-refractivity contribution in [1.29, 1.82) is 0 Å². The quantitative estimate of drug-likeness (QED) is 0.666. The third-order valence-corrected chi connectivity index (χ3v) is 6.71. The van der Waals surface area contributed by atoms with Crippen molar-refractivity contribution in [2.75, 3.05) is 19.7 Å². The Morgan fingerprint density at radius 1 is 1.08 bits per heavy atom. The summed E-state index contributed by atoms with van der Waals surface area (Å²) in [6.07, 6.45) is 6.56. The first kappa shape index (κ1) is 16.5. The summed E-state index contributed by atoms with van der Waals surface area (Å²) < 4.78 is 5.82. The second-order valence-electron chi connectivity index (χ2n) is 7.97. The third kappa shape index (κ3) is 2.60. The Hall–Kier alpha value is -0.940. The molecule has 3 aliphatic heterocycles. The van der Waals surface area contributed by atoms with Gasteiger partial charge >= 0.3 is 0 Å². The minimum Gasteiger partial charge on any atom is -0.631 e. The van der Waals surface area contributed by atoms with E-state index in [1.807, 2.05) is 18.2 Å². The molecule has 3 saturated heterocycles. The van der Waals surface area contributed by atoms with Crippen LogP contribution in [-0.4, -0.2) is 41.3 Å². The van der Waals surface area contributed by atoms with Crippen LogP contribution in [0.4, 0.5) is 0 Å². The molecule has 1 saturated carbocycles. The maximum atomic E-state index is 13.4. The molecule has 0 radical (unpaired) electrons. The monoisotopic (exact) mass is 331 g/mol. The molecule has 1 aliphatic carbocycles. The number of fused-ring (bicyclic) bond motifs is 3. The molecule has 2 unspecified atom stereocenters. The number of hydrogen-bond donors (Lipinski definition) is 1. The second kappa shape index (κ2) is 6.41. The van der Waals surface area contributed by atoms with Gasteiger partial charge in [0.1, 0.15) is 6.10 Å². The number of aliphatic hydroxyl groups is 1. The van der Waals surface area contributed by atoms with Gasteiger partial charge in [0.05, 0.1) is 19.7 Å². The minimum atomic E-state index is -1.21. The van der Waals surface area contributed by atoms with Crippen LogP contribution in [0.15, 0.2) is 30.3 Å². The SMILES string of the molecule is [O-][N+]12CCC(CC1)C(OCCc1ccccc1)C2(O)C1CCCC1.